The van der Waals surface area contributed by atoms with Crippen molar-refractivity contribution < 1.29 is 34.1 Å². The fraction of sp³-hybridized carbons (Fsp3) is 0.280. The van der Waals surface area contributed by atoms with E-state index in [0.717, 1.165) is 17.6 Å². The largest absolute Gasteiger partial charge is 0.507 e. The Hall–Kier alpha value is -1.95. The Kier molecular flexibility index (Phi) is 11.0. The van der Waals surface area contributed by atoms with Gasteiger partial charge in [0.2, 0.25) is 5.91 Å². The predicted octanol–water partition coefficient (Wildman–Crippen LogP) is 4.60. The molecule has 2 aromatic rings. The lowest BCUT2D eigenvalue weighted by molar-refractivity contribution is -0.141. The first-order chi connectivity index (χ1) is 17.5. The van der Waals surface area contributed by atoms with Gasteiger partial charge in [-0.25, -0.2) is 4.79 Å². The Labute approximate surface area is 254 Å². The second-order valence-corrected chi connectivity index (χ2v) is 11.7. The van der Waals surface area contributed by atoms with Gasteiger partial charge in [-0.3, -0.25) is 19.3 Å². The van der Waals surface area contributed by atoms with Gasteiger partial charge in [0.15, 0.2) is 5.75 Å². The van der Waals surface area contributed by atoms with Gasteiger partial charge in [-0.1, -0.05) is 6.42 Å². The fourth-order valence-electron chi connectivity index (χ4n) is 3.58. The first-order valence-electron chi connectivity index (χ1n) is 11.2. The fourth-order valence-corrected chi connectivity index (χ4v) is 6.19. The third-order valence-corrected chi connectivity index (χ3v) is 7.92. The number of phenols is 1. The van der Waals surface area contributed by atoms with E-state index in [1.54, 1.807) is 18.2 Å². The van der Waals surface area contributed by atoms with Crippen LogP contribution in [0.15, 0.2) is 42.5 Å². The van der Waals surface area contributed by atoms with Gasteiger partial charge in [0.25, 0.3) is 11.8 Å². The van der Waals surface area contributed by atoms with Crippen molar-refractivity contribution in [2.24, 2.45) is 0 Å². The number of nitrogens with zero attached hydrogens (tertiary/aromatic N) is 1. The number of carboxylic acids is 1. The van der Waals surface area contributed by atoms with Crippen LogP contribution in [0.2, 0.25) is 0 Å². The molecule has 0 aromatic heterocycles. The maximum absolute atomic E-state index is 12.4. The molecule has 9 nitrogen and oxygen atoms in total. The zero-order valence-corrected chi connectivity index (χ0v) is 25.9. The lowest BCUT2D eigenvalue weighted by atomic mass is 10.1. The number of ether oxygens (including phenoxy) is 1. The number of hydrogen-bond donors (Lipinski definition) is 3. The molecule has 2 aromatic carbocycles. The van der Waals surface area contributed by atoms with Gasteiger partial charge in [0, 0.05) is 31.5 Å². The molecule has 0 spiro atoms. The summed E-state index contributed by atoms with van der Waals surface area (Å²) in [5.74, 6) is -0.795. The first-order valence-corrected chi connectivity index (χ1v) is 14.5. The van der Waals surface area contributed by atoms with E-state index in [0.29, 0.717) is 40.9 Å². The number of aromatic hydroxyl groups is 1. The molecule has 196 valence electrons. The molecule has 0 saturated heterocycles. The van der Waals surface area contributed by atoms with Gasteiger partial charge in [-0.15, -0.1) is 0 Å². The Morgan fingerprint density at radius 1 is 0.946 bits per heavy atom. The highest BCUT2D eigenvalue weighted by atomic mass is 127. The Bertz CT molecular complexity index is 1210. The van der Waals surface area contributed by atoms with Crippen LogP contribution in [0.1, 0.15) is 31.2 Å². The molecule has 0 fully saturated rings. The molecule has 0 aliphatic carbocycles. The molecule has 0 bridgehead atoms. The van der Waals surface area contributed by atoms with E-state index in [1.165, 1.54) is 12.2 Å². The van der Waals surface area contributed by atoms with Crippen molar-refractivity contribution in [1.29, 1.82) is 0 Å². The summed E-state index contributed by atoms with van der Waals surface area (Å²) < 4.78 is 8.22. The van der Waals surface area contributed by atoms with E-state index >= 15 is 0 Å². The van der Waals surface area contributed by atoms with Crippen molar-refractivity contribution in [3.63, 3.8) is 0 Å². The molecule has 37 heavy (non-hydrogen) atoms. The summed E-state index contributed by atoms with van der Waals surface area (Å²) in [5, 5.41) is 22.0. The summed E-state index contributed by atoms with van der Waals surface area (Å²) in [6.07, 6.45) is 4.44. The Morgan fingerprint density at radius 2 is 1.59 bits per heavy atom. The Morgan fingerprint density at radius 3 is 2.19 bits per heavy atom. The zero-order chi connectivity index (χ0) is 27.1. The van der Waals surface area contributed by atoms with Gasteiger partial charge in [-0.2, -0.15) is 0 Å². The number of rotatable bonds is 12. The van der Waals surface area contributed by atoms with Crippen LogP contribution in [-0.2, 0) is 25.6 Å². The first kappa shape index (κ1) is 29.6. The lowest BCUT2D eigenvalue weighted by Gasteiger charge is -2.17. The molecular formula is C25H23I3N2O7. The van der Waals surface area contributed by atoms with Crippen molar-refractivity contribution in [3.8, 4) is 17.2 Å². The van der Waals surface area contributed by atoms with Crippen LogP contribution in [0.3, 0.4) is 0 Å². The number of benzene rings is 2. The highest BCUT2D eigenvalue weighted by molar-refractivity contribution is 14.1. The van der Waals surface area contributed by atoms with Gasteiger partial charge < -0.3 is 20.3 Å². The van der Waals surface area contributed by atoms with Crippen LogP contribution in [0.25, 0.3) is 0 Å². The van der Waals surface area contributed by atoms with Crippen molar-refractivity contribution in [1.82, 2.24) is 10.2 Å². The molecule has 3 amide bonds. The van der Waals surface area contributed by atoms with Crippen LogP contribution in [0.5, 0.6) is 17.2 Å². The number of amides is 3. The van der Waals surface area contributed by atoms with Crippen molar-refractivity contribution in [3.05, 3.63) is 58.8 Å². The number of carbonyl (C=O) groups excluding carboxylic acids is 3. The molecule has 1 aliphatic rings. The molecule has 12 heteroatoms. The van der Waals surface area contributed by atoms with Crippen LogP contribution in [0, 0.1) is 10.7 Å². The van der Waals surface area contributed by atoms with Crippen LogP contribution < -0.4 is 10.1 Å². The number of unbranched alkanes of at least 4 members (excludes halogenated alkanes) is 2. The minimum absolute atomic E-state index is 0.108. The second-order valence-electron chi connectivity index (χ2n) is 8.24. The predicted molar refractivity (Wildman–Crippen MR) is 160 cm³/mol. The summed E-state index contributed by atoms with van der Waals surface area (Å²) in [4.78, 5) is 48.4. The summed E-state index contributed by atoms with van der Waals surface area (Å²) >= 11 is 6.25. The van der Waals surface area contributed by atoms with E-state index in [2.05, 4.69) is 50.5 Å². The van der Waals surface area contributed by atoms with Crippen molar-refractivity contribution >= 4 is 91.5 Å². The zero-order valence-electron chi connectivity index (χ0n) is 19.4. The van der Waals surface area contributed by atoms with Crippen molar-refractivity contribution in [2.45, 2.75) is 38.1 Å². The number of hydrogen-bond acceptors (Lipinski definition) is 6. The van der Waals surface area contributed by atoms with Crippen LogP contribution in [0.4, 0.5) is 0 Å². The SMILES string of the molecule is O=C(CCCCCN1C(=O)C=CC1=O)N[C@@H](Cc1cc(I)c(Oc2ccc(O)c(I)c2)c(I)c1)C(=O)O. The molecule has 0 radical (unpaired) electrons. The lowest BCUT2D eigenvalue weighted by Crippen LogP contribution is -2.42. The minimum Gasteiger partial charge on any atom is -0.507 e. The number of nitrogens with one attached hydrogen (secondary N) is 1. The normalized spacial score (nSPS) is 13.6. The topological polar surface area (TPSA) is 133 Å². The van der Waals surface area contributed by atoms with Crippen LogP contribution in [-0.4, -0.2) is 51.4 Å². The maximum atomic E-state index is 12.4. The van der Waals surface area contributed by atoms with Gasteiger partial charge >= 0.3 is 5.97 Å². The third-order valence-electron chi connectivity index (χ3n) is 5.46. The number of imide groups is 1. The highest BCUT2D eigenvalue weighted by Crippen LogP contribution is 2.35. The van der Waals surface area contributed by atoms with Crippen LogP contribution >= 0.6 is 67.8 Å². The minimum atomic E-state index is -1.13. The summed E-state index contributed by atoms with van der Waals surface area (Å²) in [5.41, 5.74) is 0.739. The third kappa shape index (κ3) is 8.53. The molecule has 3 rings (SSSR count). The number of phenolic OH excluding ortho intramolecular Hbond substituents is 1. The van der Waals surface area contributed by atoms with Gasteiger partial charge in [0.05, 0.1) is 10.7 Å². The average Bonchev–Trinajstić information content (AvgIpc) is 3.15. The number of carboxylic acid groups (broad SMARTS) is 1. The molecule has 1 aliphatic heterocycles. The summed E-state index contributed by atoms with van der Waals surface area (Å²) in [6, 6.07) is 7.49. The number of carbonyl (C=O) groups is 4. The molecule has 0 saturated carbocycles. The van der Waals surface area contributed by atoms with E-state index in [1.807, 2.05) is 34.7 Å². The Balaban J connectivity index is 1.52. The molecule has 1 atom stereocenters. The second kappa shape index (κ2) is 13.7. The summed E-state index contributed by atoms with van der Waals surface area (Å²) in [7, 11) is 0. The van der Waals surface area contributed by atoms with E-state index < -0.39 is 12.0 Å². The van der Waals surface area contributed by atoms with E-state index in [9.17, 15) is 29.4 Å². The molecular weight excluding hydrogens is 821 g/mol. The average molecular weight is 844 g/mol. The molecule has 1 heterocycles. The maximum Gasteiger partial charge on any atom is 0.326 e. The van der Waals surface area contributed by atoms with Crippen molar-refractivity contribution in [2.75, 3.05) is 6.54 Å². The number of halogens is 3. The van der Waals surface area contributed by atoms with E-state index in [-0.39, 0.29) is 36.3 Å². The molecule has 0 unspecified atom stereocenters. The number of aliphatic carboxylic acids is 1. The quantitative estimate of drug-likeness (QED) is 0.162. The highest BCUT2D eigenvalue weighted by Gasteiger charge is 2.23. The van der Waals surface area contributed by atoms with Gasteiger partial charge in [0.1, 0.15) is 17.5 Å². The summed E-state index contributed by atoms with van der Waals surface area (Å²) in [6.45, 7) is 0.299. The monoisotopic (exact) mass is 844 g/mol. The van der Waals surface area contributed by atoms with Gasteiger partial charge in [-0.05, 0) is 117 Å². The standard InChI is InChI=1S/C25H23I3N2O7/c26-16-13-15(5-6-20(16)31)37-24-17(27)10-14(11-18(24)28)12-19(25(35)36)29-21(32)4-2-1-3-9-30-22(33)7-8-23(30)34/h5-8,10-11,13,19,31H,1-4,9,12H2,(H,29,32)(H,35,36)/t19-/m0/s1. The molecule has 3 N–H and O–H groups in total. The smallest absolute Gasteiger partial charge is 0.326 e. The van der Waals surface area contributed by atoms with E-state index in [4.69, 9.17) is 4.74 Å².